The number of hydrogen-bond donors (Lipinski definition) is 0. The molecule has 1 aliphatic rings. The molecule has 0 aliphatic heterocycles. The molecule has 2 aromatic heterocycles. The molecule has 2 heterocycles. The number of rotatable bonds is 2. The Kier molecular flexibility index (Phi) is 2.92. The van der Waals surface area contributed by atoms with Crippen molar-refractivity contribution >= 4 is 0 Å². The number of alkyl halides is 3. The van der Waals surface area contributed by atoms with Crippen LogP contribution in [0, 0.1) is 12.8 Å². The van der Waals surface area contributed by atoms with Gasteiger partial charge in [0.1, 0.15) is 6.33 Å². The molecular weight excluding hydrogens is 269 g/mol. The third-order valence-electron chi connectivity index (χ3n) is 3.48. The molecule has 2 atom stereocenters. The van der Waals surface area contributed by atoms with Crippen LogP contribution in [0.3, 0.4) is 0 Å². The Morgan fingerprint density at radius 2 is 1.85 bits per heavy atom. The minimum Gasteiger partial charge on any atom is -0.244 e. The van der Waals surface area contributed by atoms with Gasteiger partial charge in [0.2, 0.25) is 0 Å². The zero-order valence-corrected chi connectivity index (χ0v) is 10.6. The first kappa shape index (κ1) is 13.0. The van der Waals surface area contributed by atoms with Gasteiger partial charge in [0.25, 0.3) is 0 Å². The molecule has 4 nitrogen and oxygen atoms in total. The van der Waals surface area contributed by atoms with Gasteiger partial charge in [0.15, 0.2) is 0 Å². The lowest BCUT2D eigenvalue weighted by atomic mass is 10.1. The molecule has 1 saturated carbocycles. The van der Waals surface area contributed by atoms with Crippen LogP contribution in [0.15, 0.2) is 24.8 Å². The normalized spacial score (nSPS) is 21.8. The summed E-state index contributed by atoms with van der Waals surface area (Å²) in [4.78, 5) is 7.74. The molecule has 0 bridgehead atoms. The highest BCUT2D eigenvalue weighted by molar-refractivity contribution is 5.57. The molecule has 0 aromatic carbocycles. The Hall–Kier alpha value is -2.05. The van der Waals surface area contributed by atoms with Crippen LogP contribution in [0.1, 0.15) is 23.6 Å². The second-order valence-electron chi connectivity index (χ2n) is 4.89. The van der Waals surface area contributed by atoms with Crippen molar-refractivity contribution in [1.82, 2.24) is 20.2 Å². The predicted molar refractivity (Wildman–Crippen MR) is 64.7 cm³/mol. The molecule has 0 unspecified atom stereocenters. The van der Waals surface area contributed by atoms with E-state index in [1.165, 1.54) is 6.33 Å². The first-order valence-corrected chi connectivity index (χ1v) is 6.13. The summed E-state index contributed by atoms with van der Waals surface area (Å²) in [7, 11) is 0. The fraction of sp³-hybridized carbons (Fsp3) is 0.385. The van der Waals surface area contributed by atoms with Crippen LogP contribution >= 0.6 is 0 Å². The van der Waals surface area contributed by atoms with E-state index in [2.05, 4.69) is 20.2 Å². The van der Waals surface area contributed by atoms with E-state index in [4.69, 9.17) is 0 Å². The van der Waals surface area contributed by atoms with Crippen LogP contribution in [-0.2, 0) is 0 Å². The average molecular weight is 280 g/mol. The van der Waals surface area contributed by atoms with Gasteiger partial charge in [0, 0.05) is 18.0 Å². The summed E-state index contributed by atoms with van der Waals surface area (Å²) in [5.74, 6) is -1.76. The monoisotopic (exact) mass is 280 g/mol. The van der Waals surface area contributed by atoms with Crippen molar-refractivity contribution in [2.75, 3.05) is 0 Å². The maximum absolute atomic E-state index is 12.7. The molecule has 0 N–H and O–H groups in total. The van der Waals surface area contributed by atoms with Gasteiger partial charge < -0.3 is 0 Å². The molecule has 0 radical (unpaired) electrons. The third kappa shape index (κ3) is 2.35. The molecular formula is C13H11F3N4. The van der Waals surface area contributed by atoms with Gasteiger partial charge in [-0.25, -0.2) is 9.97 Å². The van der Waals surface area contributed by atoms with Gasteiger partial charge in [-0.15, -0.1) is 0 Å². The second-order valence-corrected chi connectivity index (χ2v) is 4.89. The lowest BCUT2D eigenvalue weighted by Gasteiger charge is -2.08. The van der Waals surface area contributed by atoms with Crippen LogP contribution in [0.5, 0.6) is 0 Å². The molecule has 104 valence electrons. The molecule has 0 saturated heterocycles. The largest absolute Gasteiger partial charge is 0.392 e. The van der Waals surface area contributed by atoms with Gasteiger partial charge in [-0.05, 0) is 30.9 Å². The lowest BCUT2D eigenvalue weighted by molar-refractivity contribution is -0.148. The lowest BCUT2D eigenvalue weighted by Crippen LogP contribution is -2.12. The summed E-state index contributed by atoms with van der Waals surface area (Å²) in [5.41, 5.74) is 2.30. The number of nitrogens with zero attached hydrogens (tertiary/aromatic N) is 4. The van der Waals surface area contributed by atoms with Crippen molar-refractivity contribution in [3.8, 4) is 11.3 Å². The van der Waals surface area contributed by atoms with E-state index in [-0.39, 0.29) is 6.42 Å². The van der Waals surface area contributed by atoms with Crippen molar-refractivity contribution in [3.05, 3.63) is 36.0 Å². The SMILES string of the molecule is Cc1nnc(-c2cncnc2)cc1[C@H]1C[C@@H]1C(F)(F)F. The molecule has 20 heavy (non-hydrogen) atoms. The van der Waals surface area contributed by atoms with Crippen molar-refractivity contribution in [1.29, 1.82) is 0 Å². The molecule has 7 heteroatoms. The van der Waals surface area contributed by atoms with Crippen LogP contribution < -0.4 is 0 Å². The Morgan fingerprint density at radius 3 is 2.45 bits per heavy atom. The fourth-order valence-electron chi connectivity index (χ4n) is 2.32. The maximum Gasteiger partial charge on any atom is 0.392 e. The minimum absolute atomic E-state index is 0.126. The first-order chi connectivity index (χ1) is 9.47. The topological polar surface area (TPSA) is 51.6 Å². The number of aryl methyl sites for hydroxylation is 1. The molecule has 2 aromatic rings. The highest BCUT2D eigenvalue weighted by Crippen LogP contribution is 2.56. The molecule has 1 fully saturated rings. The summed E-state index contributed by atoms with van der Waals surface area (Å²) in [6.45, 7) is 1.68. The van der Waals surface area contributed by atoms with Crippen molar-refractivity contribution in [2.45, 2.75) is 25.4 Å². The molecule has 0 amide bonds. The number of hydrogen-bond acceptors (Lipinski definition) is 4. The smallest absolute Gasteiger partial charge is 0.244 e. The number of aromatic nitrogens is 4. The molecule has 0 spiro atoms. The van der Waals surface area contributed by atoms with Crippen molar-refractivity contribution < 1.29 is 13.2 Å². The molecule has 3 rings (SSSR count). The highest BCUT2D eigenvalue weighted by atomic mass is 19.4. The van der Waals surface area contributed by atoms with Crippen LogP contribution in [0.2, 0.25) is 0 Å². The van der Waals surface area contributed by atoms with Gasteiger partial charge in [-0.3, -0.25) is 0 Å². The quantitative estimate of drug-likeness (QED) is 0.848. The van der Waals surface area contributed by atoms with E-state index in [9.17, 15) is 13.2 Å². The van der Waals surface area contributed by atoms with E-state index in [1.54, 1.807) is 25.4 Å². The van der Waals surface area contributed by atoms with Crippen molar-refractivity contribution in [3.63, 3.8) is 0 Å². The second kappa shape index (κ2) is 4.50. The van der Waals surface area contributed by atoms with Gasteiger partial charge >= 0.3 is 6.18 Å². The van der Waals surface area contributed by atoms with Crippen LogP contribution in [-0.4, -0.2) is 26.3 Å². The fourth-order valence-corrected chi connectivity index (χ4v) is 2.32. The van der Waals surface area contributed by atoms with Crippen LogP contribution in [0.25, 0.3) is 11.3 Å². The Balaban J connectivity index is 1.94. The van der Waals surface area contributed by atoms with Gasteiger partial charge in [-0.2, -0.15) is 23.4 Å². The minimum atomic E-state index is -4.14. The third-order valence-corrected chi connectivity index (χ3v) is 3.48. The van der Waals surface area contributed by atoms with Crippen LogP contribution in [0.4, 0.5) is 13.2 Å². The summed E-state index contributed by atoms with van der Waals surface area (Å²) in [6, 6.07) is 1.66. The number of halogens is 3. The van der Waals surface area contributed by atoms with E-state index >= 15 is 0 Å². The van der Waals surface area contributed by atoms with Gasteiger partial charge in [0.05, 0.1) is 17.3 Å². The Bertz CT molecular complexity index is 627. The summed E-state index contributed by atoms with van der Waals surface area (Å²) in [5, 5.41) is 7.96. The average Bonchev–Trinajstić information content (AvgIpc) is 3.20. The van der Waals surface area contributed by atoms with E-state index in [0.717, 1.165) is 0 Å². The van der Waals surface area contributed by atoms with E-state index in [1.807, 2.05) is 0 Å². The Morgan fingerprint density at radius 1 is 1.15 bits per heavy atom. The predicted octanol–water partition coefficient (Wildman–Crippen LogP) is 2.91. The summed E-state index contributed by atoms with van der Waals surface area (Å²) in [6.07, 6.45) is 0.484. The van der Waals surface area contributed by atoms with E-state index in [0.29, 0.717) is 22.5 Å². The zero-order valence-electron chi connectivity index (χ0n) is 10.6. The summed E-state index contributed by atoms with van der Waals surface area (Å²) >= 11 is 0. The maximum atomic E-state index is 12.7. The first-order valence-electron chi connectivity index (χ1n) is 6.13. The highest BCUT2D eigenvalue weighted by Gasteiger charge is 2.56. The zero-order chi connectivity index (χ0) is 14.3. The Labute approximate surface area is 113 Å². The summed E-state index contributed by atoms with van der Waals surface area (Å²) < 4.78 is 38.0. The van der Waals surface area contributed by atoms with E-state index < -0.39 is 18.0 Å². The molecule has 1 aliphatic carbocycles. The van der Waals surface area contributed by atoms with Crippen molar-refractivity contribution in [2.24, 2.45) is 5.92 Å². The van der Waals surface area contributed by atoms with Gasteiger partial charge in [-0.1, -0.05) is 0 Å². The standard InChI is InChI=1S/C13H11F3N4/c1-7-9(10-2-11(10)13(14,15)16)3-12(20-19-7)8-4-17-6-18-5-8/h3-6,10-11H,2H2,1H3/t10-,11+/m1/s1.